The molecule has 108 valence electrons. The van der Waals surface area contributed by atoms with E-state index >= 15 is 0 Å². The zero-order valence-corrected chi connectivity index (χ0v) is 12.1. The van der Waals surface area contributed by atoms with Crippen LogP contribution < -0.4 is 9.47 Å². The maximum atomic E-state index is 11.1. The van der Waals surface area contributed by atoms with Crippen LogP contribution in [-0.2, 0) is 0 Å². The third kappa shape index (κ3) is 3.04. The first-order chi connectivity index (χ1) is 9.36. The lowest BCUT2D eigenvalue weighted by molar-refractivity contribution is 0.0691. The van der Waals surface area contributed by atoms with Crippen LogP contribution in [0, 0.1) is 0 Å². The molecule has 2 N–H and O–H groups in total. The summed E-state index contributed by atoms with van der Waals surface area (Å²) in [5.74, 6) is 0.280. The topological polar surface area (TPSA) is 71.6 Å². The number of aromatic carboxylic acids is 1. The van der Waals surface area contributed by atoms with Crippen molar-refractivity contribution in [3.8, 4) is 11.5 Å². The summed E-state index contributed by atoms with van der Waals surface area (Å²) >= 11 is 0. The summed E-state index contributed by atoms with van der Waals surface area (Å²) in [5, 5.41) is 9.81. The van der Waals surface area contributed by atoms with Crippen LogP contribution in [0.4, 0.5) is 0 Å². The molecule has 0 saturated carbocycles. The molecule has 1 heterocycles. The van der Waals surface area contributed by atoms with Crippen molar-refractivity contribution in [2.24, 2.45) is 0 Å². The molecule has 5 nitrogen and oxygen atoms in total. The molecule has 0 fully saturated rings. The Balaban J connectivity index is 2.55. The number of H-pyrrole nitrogens is 1. The molecule has 5 heteroatoms. The van der Waals surface area contributed by atoms with Crippen LogP contribution in [0.1, 0.15) is 38.2 Å². The van der Waals surface area contributed by atoms with Gasteiger partial charge >= 0.3 is 5.97 Å². The maximum absolute atomic E-state index is 11.1. The highest BCUT2D eigenvalue weighted by Gasteiger charge is 2.14. The predicted octanol–water partition coefficient (Wildman–Crippen LogP) is 3.44. The van der Waals surface area contributed by atoms with Gasteiger partial charge < -0.3 is 19.6 Å². The van der Waals surface area contributed by atoms with Crippen LogP contribution in [0.15, 0.2) is 18.2 Å². The molecule has 0 saturated heterocycles. The second-order valence-corrected chi connectivity index (χ2v) is 5.20. The number of aromatic nitrogens is 1. The van der Waals surface area contributed by atoms with Crippen molar-refractivity contribution in [2.75, 3.05) is 0 Å². The zero-order chi connectivity index (χ0) is 14.9. The van der Waals surface area contributed by atoms with E-state index in [1.165, 1.54) is 0 Å². The zero-order valence-electron chi connectivity index (χ0n) is 12.1. The van der Waals surface area contributed by atoms with Gasteiger partial charge in [0.1, 0.15) is 17.2 Å². The molecule has 0 unspecified atom stereocenters. The molecule has 0 radical (unpaired) electrons. The Morgan fingerprint density at radius 1 is 1.10 bits per heavy atom. The minimum absolute atomic E-state index is 0.00400. The lowest BCUT2D eigenvalue weighted by Crippen LogP contribution is -2.08. The molecule has 2 aromatic rings. The van der Waals surface area contributed by atoms with Gasteiger partial charge in [-0.2, -0.15) is 0 Å². The Hall–Kier alpha value is -2.17. The molecule has 0 aliphatic carbocycles. The first kappa shape index (κ1) is 14.2. The number of carbonyl (C=O) groups is 1. The van der Waals surface area contributed by atoms with Crippen LogP contribution in [0.2, 0.25) is 0 Å². The first-order valence-corrected chi connectivity index (χ1v) is 6.60. The number of carboxylic acid groups (broad SMARTS) is 1. The van der Waals surface area contributed by atoms with Gasteiger partial charge in [0.25, 0.3) is 0 Å². The van der Waals surface area contributed by atoms with E-state index in [0.29, 0.717) is 17.0 Å². The van der Waals surface area contributed by atoms with E-state index in [1.807, 2.05) is 27.7 Å². The van der Waals surface area contributed by atoms with Crippen molar-refractivity contribution in [3.05, 3.63) is 23.9 Å². The van der Waals surface area contributed by atoms with E-state index in [9.17, 15) is 4.79 Å². The van der Waals surface area contributed by atoms with Gasteiger partial charge in [0, 0.05) is 17.5 Å². The van der Waals surface area contributed by atoms with E-state index in [-0.39, 0.29) is 17.9 Å². The Morgan fingerprint density at radius 2 is 1.75 bits per heavy atom. The minimum Gasteiger partial charge on any atom is -0.491 e. The lowest BCUT2D eigenvalue weighted by Gasteiger charge is -2.14. The van der Waals surface area contributed by atoms with Crippen LogP contribution in [0.25, 0.3) is 10.9 Å². The molecule has 0 atom stereocenters. The second-order valence-electron chi connectivity index (χ2n) is 5.20. The summed E-state index contributed by atoms with van der Waals surface area (Å²) < 4.78 is 11.4. The molecule has 0 bridgehead atoms. The summed E-state index contributed by atoms with van der Waals surface area (Å²) in [7, 11) is 0. The van der Waals surface area contributed by atoms with Crippen molar-refractivity contribution in [1.29, 1.82) is 0 Å². The van der Waals surface area contributed by atoms with Gasteiger partial charge in [-0.3, -0.25) is 0 Å². The van der Waals surface area contributed by atoms with Gasteiger partial charge in [-0.1, -0.05) is 0 Å². The average Bonchev–Trinajstić information content (AvgIpc) is 2.71. The van der Waals surface area contributed by atoms with Crippen molar-refractivity contribution in [1.82, 2.24) is 4.98 Å². The molecular weight excluding hydrogens is 258 g/mol. The second kappa shape index (κ2) is 5.45. The van der Waals surface area contributed by atoms with Crippen LogP contribution >= 0.6 is 0 Å². The van der Waals surface area contributed by atoms with Gasteiger partial charge in [0.05, 0.1) is 17.7 Å². The molecule has 0 amide bonds. The standard InChI is InChI=1S/C15H19NO4/c1-8(2)19-10-5-12-11(7-13(16-12)15(17)18)14(6-10)20-9(3)4/h5-9,16H,1-4H3,(H,17,18). The summed E-state index contributed by atoms with van der Waals surface area (Å²) in [6, 6.07) is 5.16. The van der Waals surface area contributed by atoms with Crippen LogP contribution in [-0.4, -0.2) is 28.3 Å². The molecular formula is C15H19NO4. The number of benzene rings is 1. The molecule has 20 heavy (non-hydrogen) atoms. The smallest absolute Gasteiger partial charge is 0.352 e. The van der Waals surface area contributed by atoms with Crippen molar-refractivity contribution >= 4 is 16.9 Å². The summed E-state index contributed by atoms with van der Waals surface area (Å²) in [6.45, 7) is 7.72. The number of ether oxygens (including phenoxy) is 2. The number of nitrogens with one attached hydrogen (secondary N) is 1. The SMILES string of the molecule is CC(C)Oc1cc(OC(C)C)c2cc(C(=O)O)[nH]c2c1. The predicted molar refractivity (Wildman–Crippen MR) is 76.8 cm³/mol. The fourth-order valence-electron chi connectivity index (χ4n) is 1.99. The third-order valence-electron chi connectivity index (χ3n) is 2.64. The molecule has 2 rings (SSSR count). The minimum atomic E-state index is -0.997. The number of carboxylic acids is 1. The van der Waals surface area contributed by atoms with Crippen LogP contribution in [0.5, 0.6) is 11.5 Å². The fourth-order valence-corrected chi connectivity index (χ4v) is 1.99. The first-order valence-electron chi connectivity index (χ1n) is 6.60. The van der Waals surface area contributed by atoms with Crippen LogP contribution in [0.3, 0.4) is 0 Å². The van der Waals surface area contributed by atoms with Crippen molar-refractivity contribution < 1.29 is 19.4 Å². The molecule has 1 aromatic carbocycles. The Bertz CT molecular complexity index is 628. The lowest BCUT2D eigenvalue weighted by atomic mass is 10.2. The molecule has 0 aliphatic rings. The quantitative estimate of drug-likeness (QED) is 0.878. The normalized spacial score (nSPS) is 11.3. The summed E-state index contributed by atoms with van der Waals surface area (Å²) in [6.07, 6.45) is 0.0314. The highest BCUT2D eigenvalue weighted by molar-refractivity contribution is 5.96. The largest absolute Gasteiger partial charge is 0.491 e. The summed E-state index contributed by atoms with van der Waals surface area (Å²) in [4.78, 5) is 13.9. The van der Waals surface area contributed by atoms with Crippen molar-refractivity contribution in [2.45, 2.75) is 39.9 Å². The Morgan fingerprint density at radius 3 is 2.30 bits per heavy atom. The maximum Gasteiger partial charge on any atom is 0.352 e. The fraction of sp³-hybridized carbons (Fsp3) is 0.400. The number of fused-ring (bicyclic) bond motifs is 1. The number of hydrogen-bond donors (Lipinski definition) is 2. The highest BCUT2D eigenvalue weighted by atomic mass is 16.5. The Labute approximate surface area is 117 Å². The van der Waals surface area contributed by atoms with E-state index in [1.54, 1.807) is 18.2 Å². The average molecular weight is 277 g/mol. The molecule has 1 aromatic heterocycles. The monoisotopic (exact) mass is 277 g/mol. The number of rotatable bonds is 5. The highest BCUT2D eigenvalue weighted by Crippen LogP contribution is 2.33. The van der Waals surface area contributed by atoms with E-state index in [2.05, 4.69) is 4.98 Å². The number of hydrogen-bond acceptors (Lipinski definition) is 3. The molecule has 0 aliphatic heterocycles. The molecule has 0 spiro atoms. The van der Waals surface area contributed by atoms with E-state index in [0.717, 1.165) is 5.39 Å². The van der Waals surface area contributed by atoms with E-state index in [4.69, 9.17) is 14.6 Å². The van der Waals surface area contributed by atoms with Gasteiger partial charge in [-0.25, -0.2) is 4.79 Å². The summed E-state index contributed by atoms with van der Waals surface area (Å²) in [5.41, 5.74) is 0.825. The number of aromatic amines is 1. The van der Waals surface area contributed by atoms with Gasteiger partial charge in [0.2, 0.25) is 0 Å². The van der Waals surface area contributed by atoms with Crippen molar-refractivity contribution in [3.63, 3.8) is 0 Å². The van der Waals surface area contributed by atoms with Gasteiger partial charge in [-0.05, 0) is 33.8 Å². The third-order valence-corrected chi connectivity index (χ3v) is 2.64. The van der Waals surface area contributed by atoms with Gasteiger partial charge in [-0.15, -0.1) is 0 Å². The Kier molecular flexibility index (Phi) is 3.88. The van der Waals surface area contributed by atoms with E-state index < -0.39 is 5.97 Å². The van der Waals surface area contributed by atoms with Gasteiger partial charge in [0.15, 0.2) is 0 Å².